The molecule has 98 valence electrons. The van der Waals surface area contributed by atoms with Gasteiger partial charge in [-0.1, -0.05) is 12.1 Å². The Labute approximate surface area is 100.0 Å². The fraction of sp³-hybridized carbons (Fsp3) is 0.727. The fourth-order valence-corrected chi connectivity index (χ4v) is 1.47. The Balaban J connectivity index is 2.34. The Kier molecular flexibility index (Phi) is 6.07. The molecular formula is C11H19F2N3O. The molecule has 0 aliphatic carbocycles. The van der Waals surface area contributed by atoms with Crippen molar-refractivity contribution in [2.24, 2.45) is 0 Å². The van der Waals surface area contributed by atoms with E-state index in [0.29, 0.717) is 18.8 Å². The van der Waals surface area contributed by atoms with Crippen LogP contribution in [0.4, 0.5) is 8.78 Å². The number of nitrogens with one attached hydrogen (secondary N) is 1. The van der Waals surface area contributed by atoms with Gasteiger partial charge in [0, 0.05) is 12.6 Å². The Morgan fingerprint density at radius 3 is 2.94 bits per heavy atom. The van der Waals surface area contributed by atoms with Gasteiger partial charge in [-0.3, -0.25) is 4.90 Å². The molecule has 1 aromatic heterocycles. The van der Waals surface area contributed by atoms with Crippen LogP contribution in [-0.2, 0) is 13.1 Å². The van der Waals surface area contributed by atoms with E-state index in [9.17, 15) is 8.78 Å². The van der Waals surface area contributed by atoms with Crippen LogP contribution in [0, 0.1) is 0 Å². The van der Waals surface area contributed by atoms with Gasteiger partial charge in [0.2, 0.25) is 0 Å². The number of nitrogens with zero attached hydrogens (tertiary/aromatic N) is 2. The highest BCUT2D eigenvalue weighted by molar-refractivity contribution is 5.04. The van der Waals surface area contributed by atoms with Crippen molar-refractivity contribution >= 4 is 0 Å². The predicted molar refractivity (Wildman–Crippen MR) is 60.8 cm³/mol. The molecule has 4 nitrogen and oxygen atoms in total. The molecule has 0 bridgehead atoms. The monoisotopic (exact) mass is 247 g/mol. The van der Waals surface area contributed by atoms with Crippen LogP contribution < -0.4 is 5.32 Å². The van der Waals surface area contributed by atoms with Gasteiger partial charge < -0.3 is 9.84 Å². The summed E-state index contributed by atoms with van der Waals surface area (Å²) >= 11 is 0. The van der Waals surface area contributed by atoms with Gasteiger partial charge in [-0.25, -0.2) is 8.78 Å². The second kappa shape index (κ2) is 7.34. The van der Waals surface area contributed by atoms with Gasteiger partial charge in [0.1, 0.15) is 0 Å². The first-order valence-corrected chi connectivity index (χ1v) is 5.73. The number of hydrogen-bond donors (Lipinski definition) is 1. The lowest BCUT2D eigenvalue weighted by molar-refractivity contribution is 0.0935. The Morgan fingerprint density at radius 2 is 2.29 bits per heavy atom. The van der Waals surface area contributed by atoms with E-state index in [2.05, 4.69) is 17.4 Å². The van der Waals surface area contributed by atoms with Crippen LogP contribution in [0.25, 0.3) is 0 Å². The summed E-state index contributed by atoms with van der Waals surface area (Å²) in [4.78, 5) is 1.51. The van der Waals surface area contributed by atoms with Crippen molar-refractivity contribution in [3.8, 4) is 0 Å². The van der Waals surface area contributed by atoms with E-state index in [1.165, 1.54) is 4.90 Å². The molecule has 0 atom stereocenters. The summed E-state index contributed by atoms with van der Waals surface area (Å²) in [6, 6.07) is 1.80. The van der Waals surface area contributed by atoms with Crippen molar-refractivity contribution in [1.82, 2.24) is 15.4 Å². The van der Waals surface area contributed by atoms with E-state index in [1.54, 1.807) is 13.1 Å². The number of halogens is 2. The fourth-order valence-electron chi connectivity index (χ4n) is 1.47. The number of alkyl halides is 2. The summed E-state index contributed by atoms with van der Waals surface area (Å²) in [5.41, 5.74) is 0.805. The first-order chi connectivity index (χ1) is 8.11. The van der Waals surface area contributed by atoms with Crippen molar-refractivity contribution in [3.63, 3.8) is 0 Å². The Hall–Kier alpha value is -1.01. The molecule has 0 radical (unpaired) electrons. The lowest BCUT2D eigenvalue weighted by Crippen LogP contribution is -2.23. The molecule has 0 saturated heterocycles. The van der Waals surface area contributed by atoms with E-state index in [0.717, 1.165) is 18.7 Å². The molecule has 6 heteroatoms. The van der Waals surface area contributed by atoms with Gasteiger partial charge in [-0.2, -0.15) is 0 Å². The van der Waals surface area contributed by atoms with E-state index < -0.39 is 6.43 Å². The summed E-state index contributed by atoms with van der Waals surface area (Å²) in [6.45, 7) is 3.75. The van der Waals surface area contributed by atoms with Crippen LogP contribution in [0.15, 0.2) is 10.6 Å². The third kappa shape index (κ3) is 5.74. The van der Waals surface area contributed by atoms with Gasteiger partial charge >= 0.3 is 0 Å². The molecule has 0 amide bonds. The third-order valence-corrected chi connectivity index (χ3v) is 2.22. The number of aromatic nitrogens is 1. The van der Waals surface area contributed by atoms with E-state index in [-0.39, 0.29) is 6.54 Å². The maximum atomic E-state index is 12.1. The number of hydrogen-bond acceptors (Lipinski definition) is 4. The summed E-state index contributed by atoms with van der Waals surface area (Å²) in [5.74, 6) is 0.612. The van der Waals surface area contributed by atoms with Crippen LogP contribution in [0.2, 0.25) is 0 Å². The maximum absolute atomic E-state index is 12.1. The zero-order chi connectivity index (χ0) is 12.7. The quantitative estimate of drug-likeness (QED) is 0.712. The minimum absolute atomic E-state index is 0.260. The molecule has 17 heavy (non-hydrogen) atoms. The second-order valence-corrected chi connectivity index (χ2v) is 4.05. The Morgan fingerprint density at radius 1 is 1.53 bits per heavy atom. The lowest BCUT2D eigenvalue weighted by atomic mass is 10.3. The topological polar surface area (TPSA) is 41.3 Å². The summed E-state index contributed by atoms with van der Waals surface area (Å²) in [5, 5.41) is 7.06. The maximum Gasteiger partial charge on any atom is 0.251 e. The molecule has 0 aromatic carbocycles. The zero-order valence-electron chi connectivity index (χ0n) is 10.2. The van der Waals surface area contributed by atoms with Crippen LogP contribution in [0.1, 0.15) is 24.8 Å². The molecule has 0 fully saturated rings. The summed E-state index contributed by atoms with van der Waals surface area (Å²) < 4.78 is 29.3. The first kappa shape index (κ1) is 14.1. The van der Waals surface area contributed by atoms with Gasteiger partial charge in [-0.05, 0) is 20.0 Å². The summed E-state index contributed by atoms with van der Waals surface area (Å²) in [7, 11) is 1.63. The van der Waals surface area contributed by atoms with Crippen LogP contribution >= 0.6 is 0 Å². The second-order valence-electron chi connectivity index (χ2n) is 4.05. The molecular weight excluding hydrogens is 228 g/mol. The molecule has 0 spiro atoms. The van der Waals surface area contributed by atoms with E-state index >= 15 is 0 Å². The van der Waals surface area contributed by atoms with E-state index in [4.69, 9.17) is 4.52 Å². The normalized spacial score (nSPS) is 11.6. The molecule has 0 unspecified atom stereocenters. The van der Waals surface area contributed by atoms with Crippen molar-refractivity contribution in [2.75, 3.05) is 20.1 Å². The summed E-state index contributed by atoms with van der Waals surface area (Å²) in [6.07, 6.45) is -1.27. The number of rotatable bonds is 8. The minimum Gasteiger partial charge on any atom is -0.360 e. The highest BCUT2D eigenvalue weighted by Gasteiger charge is 2.11. The highest BCUT2D eigenvalue weighted by atomic mass is 19.3. The van der Waals surface area contributed by atoms with Crippen molar-refractivity contribution in [1.29, 1.82) is 0 Å². The minimum atomic E-state index is -2.33. The van der Waals surface area contributed by atoms with E-state index in [1.807, 2.05) is 0 Å². The lowest BCUT2D eigenvalue weighted by Gasteiger charge is -2.12. The Bertz CT molecular complexity index is 317. The predicted octanol–water partition coefficient (Wildman–Crippen LogP) is 1.87. The molecule has 0 saturated carbocycles. The smallest absolute Gasteiger partial charge is 0.251 e. The first-order valence-electron chi connectivity index (χ1n) is 5.73. The van der Waals surface area contributed by atoms with Crippen molar-refractivity contribution in [3.05, 3.63) is 17.5 Å². The average Bonchev–Trinajstić information content (AvgIpc) is 2.64. The third-order valence-electron chi connectivity index (χ3n) is 2.22. The van der Waals surface area contributed by atoms with Crippen molar-refractivity contribution < 1.29 is 13.3 Å². The molecule has 1 aromatic rings. The van der Waals surface area contributed by atoms with Gasteiger partial charge in [0.25, 0.3) is 6.43 Å². The largest absolute Gasteiger partial charge is 0.360 e. The van der Waals surface area contributed by atoms with Gasteiger partial charge in [-0.15, -0.1) is 0 Å². The van der Waals surface area contributed by atoms with Gasteiger partial charge in [0.15, 0.2) is 5.76 Å². The zero-order valence-corrected chi connectivity index (χ0v) is 10.2. The molecule has 1 heterocycles. The van der Waals surface area contributed by atoms with Crippen LogP contribution in [-0.4, -0.2) is 36.6 Å². The van der Waals surface area contributed by atoms with Crippen LogP contribution in [0.5, 0.6) is 0 Å². The molecule has 1 rings (SSSR count). The standard InChI is InChI=1S/C11H19F2N3O/c1-3-4-14-6-9-5-10(17-15-9)7-16(2)8-11(12)13/h5,11,14H,3-4,6-8H2,1-2H3. The SMILES string of the molecule is CCCNCc1cc(CN(C)CC(F)F)on1. The highest BCUT2D eigenvalue weighted by Crippen LogP contribution is 2.07. The molecule has 1 N–H and O–H groups in total. The molecule has 0 aliphatic rings. The van der Waals surface area contributed by atoms with Gasteiger partial charge in [0.05, 0.1) is 18.8 Å². The van der Waals surface area contributed by atoms with Crippen LogP contribution in [0.3, 0.4) is 0 Å². The van der Waals surface area contributed by atoms with Crippen molar-refractivity contribution in [2.45, 2.75) is 32.9 Å². The molecule has 0 aliphatic heterocycles. The average molecular weight is 247 g/mol.